The van der Waals surface area contributed by atoms with Crippen LogP contribution in [0.25, 0.3) is 11.0 Å². The fraction of sp³-hybridized carbons (Fsp3) is 0.111. The summed E-state index contributed by atoms with van der Waals surface area (Å²) in [5, 5.41) is 0.700. The Hall–Kier alpha value is -2.35. The van der Waals surface area contributed by atoms with Crippen LogP contribution in [-0.4, -0.2) is 13.1 Å². The number of benzene rings is 2. The van der Waals surface area contributed by atoms with E-state index in [0.29, 0.717) is 27.8 Å². The van der Waals surface area contributed by atoms with Crippen LogP contribution in [0, 0.1) is 3.57 Å². The van der Waals surface area contributed by atoms with Crippen molar-refractivity contribution in [1.82, 2.24) is 0 Å². The maximum Gasteiger partial charge on any atom is 0.338 e. The molecule has 2 aromatic carbocycles. The molecule has 6 heteroatoms. The van der Waals surface area contributed by atoms with E-state index in [4.69, 9.17) is 13.9 Å². The molecule has 0 aliphatic carbocycles. The molecule has 0 fully saturated rings. The van der Waals surface area contributed by atoms with Gasteiger partial charge in [-0.2, -0.15) is 0 Å². The quantitative estimate of drug-likeness (QED) is 0.354. The van der Waals surface area contributed by atoms with Gasteiger partial charge in [-0.3, -0.25) is 0 Å². The molecule has 0 atom stereocenters. The summed E-state index contributed by atoms with van der Waals surface area (Å²) in [6, 6.07) is 13.5. The number of esters is 1. The fourth-order valence-corrected chi connectivity index (χ4v) is 2.63. The summed E-state index contributed by atoms with van der Waals surface area (Å²) in [5.74, 6) is 0.139. The number of hydrogen-bond donors (Lipinski definition) is 0. The first-order chi connectivity index (χ1) is 11.6. The van der Waals surface area contributed by atoms with Crippen LogP contribution in [0.5, 0.6) is 5.75 Å². The van der Waals surface area contributed by atoms with Crippen molar-refractivity contribution in [3.05, 3.63) is 73.6 Å². The number of fused-ring (bicyclic) bond motifs is 1. The highest BCUT2D eigenvalue weighted by molar-refractivity contribution is 14.1. The third-order valence-corrected chi connectivity index (χ3v) is 4.20. The second-order valence-electron chi connectivity index (χ2n) is 5.04. The summed E-state index contributed by atoms with van der Waals surface area (Å²) in [7, 11) is 1.53. The molecule has 0 bridgehead atoms. The second kappa shape index (κ2) is 7.04. The number of carbonyl (C=O) groups excluding carboxylic acids is 1. The summed E-state index contributed by atoms with van der Waals surface area (Å²) in [6.45, 7) is -0.0146. The Morgan fingerprint density at radius 3 is 2.58 bits per heavy atom. The van der Waals surface area contributed by atoms with Gasteiger partial charge in [-0.1, -0.05) is 0 Å². The van der Waals surface area contributed by atoms with Crippen LogP contribution >= 0.6 is 22.6 Å². The molecular formula is C18H13IO5. The number of methoxy groups -OCH3 is 1. The normalized spacial score (nSPS) is 10.6. The Morgan fingerprint density at radius 2 is 1.88 bits per heavy atom. The first kappa shape index (κ1) is 16.5. The zero-order chi connectivity index (χ0) is 17.1. The van der Waals surface area contributed by atoms with Crippen LogP contribution in [-0.2, 0) is 11.3 Å². The van der Waals surface area contributed by atoms with E-state index >= 15 is 0 Å². The molecule has 0 saturated heterocycles. The maximum absolute atomic E-state index is 12.1. The summed E-state index contributed by atoms with van der Waals surface area (Å²) in [4.78, 5) is 23.8. The Kier molecular flexibility index (Phi) is 4.84. The molecule has 1 aromatic heterocycles. The molecule has 0 aliphatic rings. The molecule has 122 valence electrons. The third-order valence-electron chi connectivity index (χ3n) is 3.48. The molecule has 0 saturated carbocycles. The van der Waals surface area contributed by atoms with Gasteiger partial charge in [-0.05, 0) is 59.0 Å². The third kappa shape index (κ3) is 3.59. The molecule has 0 spiro atoms. The highest BCUT2D eigenvalue weighted by Gasteiger charge is 2.11. The van der Waals surface area contributed by atoms with Gasteiger partial charge < -0.3 is 13.9 Å². The second-order valence-corrected chi connectivity index (χ2v) is 6.28. The molecule has 0 N–H and O–H groups in total. The van der Waals surface area contributed by atoms with Crippen molar-refractivity contribution in [2.75, 3.05) is 7.11 Å². The fourth-order valence-electron chi connectivity index (χ4n) is 2.27. The summed E-state index contributed by atoms with van der Waals surface area (Å²) >= 11 is 2.16. The molecule has 0 amide bonds. The minimum absolute atomic E-state index is 0.0146. The minimum atomic E-state index is -0.504. The van der Waals surface area contributed by atoms with E-state index < -0.39 is 11.6 Å². The first-order valence-corrected chi connectivity index (χ1v) is 8.18. The molecule has 0 aliphatic heterocycles. The van der Waals surface area contributed by atoms with E-state index in [2.05, 4.69) is 22.6 Å². The lowest BCUT2D eigenvalue weighted by molar-refractivity contribution is 0.0474. The van der Waals surface area contributed by atoms with Crippen LogP contribution in [0.2, 0.25) is 0 Å². The number of rotatable bonds is 4. The van der Waals surface area contributed by atoms with Crippen LogP contribution in [0.15, 0.2) is 57.7 Å². The zero-order valence-corrected chi connectivity index (χ0v) is 14.9. The van der Waals surface area contributed by atoms with E-state index in [1.54, 1.807) is 30.3 Å². The monoisotopic (exact) mass is 436 g/mol. The molecule has 3 rings (SSSR count). The van der Waals surface area contributed by atoms with E-state index in [9.17, 15) is 9.59 Å². The SMILES string of the molecule is COc1ccc2c(COC(=O)c3ccc(I)cc3)cc(=O)oc2c1. The number of carbonyl (C=O) groups is 1. The van der Waals surface area contributed by atoms with Crippen LogP contribution in [0.3, 0.4) is 0 Å². The number of hydrogen-bond acceptors (Lipinski definition) is 5. The average molecular weight is 436 g/mol. The predicted molar refractivity (Wildman–Crippen MR) is 97.3 cm³/mol. The lowest BCUT2D eigenvalue weighted by Crippen LogP contribution is -2.08. The molecule has 24 heavy (non-hydrogen) atoms. The topological polar surface area (TPSA) is 65.7 Å². The molecule has 0 radical (unpaired) electrons. The van der Waals surface area contributed by atoms with Gasteiger partial charge in [0.15, 0.2) is 0 Å². The van der Waals surface area contributed by atoms with E-state index in [0.717, 1.165) is 3.57 Å². The zero-order valence-electron chi connectivity index (χ0n) is 12.7. The highest BCUT2D eigenvalue weighted by Crippen LogP contribution is 2.23. The van der Waals surface area contributed by atoms with E-state index in [-0.39, 0.29) is 6.61 Å². The van der Waals surface area contributed by atoms with Gasteiger partial charge in [0.2, 0.25) is 0 Å². The van der Waals surface area contributed by atoms with Crippen molar-refractivity contribution >= 4 is 39.5 Å². The summed E-state index contributed by atoms with van der Waals surface area (Å²) in [6.07, 6.45) is 0. The molecule has 5 nitrogen and oxygen atoms in total. The van der Waals surface area contributed by atoms with Gasteiger partial charge in [0, 0.05) is 26.7 Å². The van der Waals surface area contributed by atoms with Crippen molar-refractivity contribution in [3.8, 4) is 5.75 Å². The standard InChI is InChI=1S/C18H13IO5/c1-22-14-6-7-15-12(8-17(20)24-16(15)9-14)10-23-18(21)11-2-4-13(19)5-3-11/h2-9H,10H2,1H3. The predicted octanol–water partition coefficient (Wildman–Crippen LogP) is 3.76. The maximum atomic E-state index is 12.1. The van der Waals surface area contributed by atoms with Gasteiger partial charge >= 0.3 is 11.6 Å². The minimum Gasteiger partial charge on any atom is -0.497 e. The van der Waals surface area contributed by atoms with Crippen LogP contribution in [0.1, 0.15) is 15.9 Å². The largest absolute Gasteiger partial charge is 0.497 e. The molecule has 1 heterocycles. The summed E-state index contributed by atoms with van der Waals surface area (Å²) < 4.78 is 16.6. The smallest absolute Gasteiger partial charge is 0.338 e. The van der Waals surface area contributed by atoms with Crippen molar-refractivity contribution < 1.29 is 18.7 Å². The van der Waals surface area contributed by atoms with Gasteiger partial charge in [0.05, 0.1) is 12.7 Å². The molecule has 3 aromatic rings. The Bertz CT molecular complexity index is 944. The van der Waals surface area contributed by atoms with Gasteiger partial charge in [0.25, 0.3) is 0 Å². The highest BCUT2D eigenvalue weighted by atomic mass is 127. The lowest BCUT2D eigenvalue weighted by atomic mass is 10.1. The molecule has 0 unspecified atom stereocenters. The van der Waals surface area contributed by atoms with Crippen molar-refractivity contribution in [2.45, 2.75) is 6.61 Å². The molecular weight excluding hydrogens is 423 g/mol. The number of ether oxygens (including phenoxy) is 2. The van der Waals surface area contributed by atoms with Crippen molar-refractivity contribution in [3.63, 3.8) is 0 Å². The summed E-state index contributed by atoms with van der Waals surface area (Å²) in [5.41, 5.74) is 0.936. The van der Waals surface area contributed by atoms with Gasteiger partial charge in [0.1, 0.15) is 17.9 Å². The van der Waals surface area contributed by atoms with E-state index in [1.165, 1.54) is 13.2 Å². The van der Waals surface area contributed by atoms with Crippen molar-refractivity contribution in [1.29, 1.82) is 0 Å². The van der Waals surface area contributed by atoms with E-state index in [1.807, 2.05) is 12.1 Å². The Labute approximate surface area is 151 Å². The lowest BCUT2D eigenvalue weighted by Gasteiger charge is -2.08. The average Bonchev–Trinajstić information content (AvgIpc) is 2.59. The van der Waals surface area contributed by atoms with Gasteiger partial charge in [-0.15, -0.1) is 0 Å². The Morgan fingerprint density at radius 1 is 1.12 bits per heavy atom. The van der Waals surface area contributed by atoms with Gasteiger partial charge in [-0.25, -0.2) is 9.59 Å². The van der Waals surface area contributed by atoms with Crippen LogP contribution in [0.4, 0.5) is 0 Å². The first-order valence-electron chi connectivity index (χ1n) is 7.10. The Balaban J connectivity index is 1.85. The number of halogens is 1. The van der Waals surface area contributed by atoms with Crippen molar-refractivity contribution in [2.24, 2.45) is 0 Å². The van der Waals surface area contributed by atoms with Crippen LogP contribution < -0.4 is 10.4 Å².